The smallest absolute Gasteiger partial charge is 0.414 e. The molecule has 1 aromatic heterocycles. The van der Waals surface area contributed by atoms with E-state index in [4.69, 9.17) is 18.9 Å². The Labute approximate surface area is 482 Å². The number of nitrogens with one attached hydrogen (secondary N) is 2. The second kappa shape index (κ2) is 31.7. The van der Waals surface area contributed by atoms with Crippen LogP contribution in [0.1, 0.15) is 124 Å². The van der Waals surface area contributed by atoms with Gasteiger partial charge < -0.3 is 44.5 Å². The van der Waals surface area contributed by atoms with Gasteiger partial charge in [-0.05, 0) is 103 Å². The van der Waals surface area contributed by atoms with E-state index >= 15 is 0 Å². The van der Waals surface area contributed by atoms with Crippen LogP contribution in [0.15, 0.2) is 84.0 Å². The zero-order valence-corrected chi connectivity index (χ0v) is 50.9. The number of likely N-dealkylation sites (N-methyl/N-ethyl adjacent to an activating group) is 2. The zero-order chi connectivity index (χ0) is 58.8. The van der Waals surface area contributed by atoms with Crippen molar-refractivity contribution < 1.29 is 52.8 Å². The van der Waals surface area contributed by atoms with Crippen LogP contribution in [0.2, 0.25) is 0 Å². The molecule has 0 bridgehead atoms. The maximum Gasteiger partial charge on any atom is 0.414 e. The summed E-state index contributed by atoms with van der Waals surface area (Å²) < 4.78 is 23.8. The van der Waals surface area contributed by atoms with Gasteiger partial charge in [0.1, 0.15) is 29.8 Å². The van der Waals surface area contributed by atoms with Crippen molar-refractivity contribution in [2.75, 3.05) is 46.8 Å². The van der Waals surface area contributed by atoms with Crippen molar-refractivity contribution in [3.05, 3.63) is 90.1 Å². The molecule has 80 heavy (non-hydrogen) atoms. The Hall–Kier alpha value is -5.41. The summed E-state index contributed by atoms with van der Waals surface area (Å²) in [6.45, 7) is 15.2. The van der Waals surface area contributed by atoms with E-state index in [2.05, 4.69) is 15.6 Å². The average molecular weight is 1150 g/mol. The number of methoxy groups -OCH3 is 2. The van der Waals surface area contributed by atoms with Gasteiger partial charge in [-0.1, -0.05) is 121 Å². The number of aliphatic hydroxyl groups is 1. The average Bonchev–Trinajstić information content (AvgIpc) is 3.96. The lowest BCUT2D eigenvalue weighted by Crippen LogP contribution is -2.60. The number of hydrogen-bond acceptors (Lipinski definition) is 14. The van der Waals surface area contributed by atoms with Crippen molar-refractivity contribution in [1.82, 2.24) is 30.3 Å². The number of pyridine rings is 1. The van der Waals surface area contributed by atoms with Crippen molar-refractivity contribution >= 4 is 63.1 Å². The molecule has 1 aliphatic heterocycles. The number of rotatable bonds is 27. The van der Waals surface area contributed by atoms with Crippen molar-refractivity contribution in [3.8, 4) is 0 Å². The Morgan fingerprint density at radius 3 is 2.06 bits per heavy atom. The third-order valence-corrected chi connectivity index (χ3v) is 18.7. The molecular weight excluding hydrogens is 1060 g/mol. The van der Waals surface area contributed by atoms with E-state index in [9.17, 15) is 33.9 Å². The molecule has 0 radical (unpaired) electrons. The summed E-state index contributed by atoms with van der Waals surface area (Å²) in [5.74, 6) is -2.93. The number of nitrogens with zero attached hydrogens (tertiary/aromatic N) is 5. The summed E-state index contributed by atoms with van der Waals surface area (Å²) in [7, 11) is 11.2. The van der Waals surface area contributed by atoms with Gasteiger partial charge in [0.05, 0.1) is 54.0 Å². The predicted octanol–water partition coefficient (Wildman–Crippen LogP) is 9.30. The number of hydrogen-bond donors (Lipinski definition) is 3. The minimum Gasteiger partial charge on any atom is -0.445 e. The Morgan fingerprint density at radius 1 is 0.775 bits per heavy atom. The first-order chi connectivity index (χ1) is 38.1. The number of benzene rings is 2. The fourth-order valence-electron chi connectivity index (χ4n) is 10.9. The number of aliphatic hydroxyl groups excluding tert-OH is 1. The highest BCUT2D eigenvalue weighted by Gasteiger charge is 2.44. The molecule has 12 atom stereocenters. The summed E-state index contributed by atoms with van der Waals surface area (Å²) in [6, 6.07) is 18.4. The van der Waals surface area contributed by atoms with Gasteiger partial charge in [-0.15, -0.1) is 0 Å². The van der Waals surface area contributed by atoms with Gasteiger partial charge in [0.15, 0.2) is 0 Å². The van der Waals surface area contributed by atoms with Crippen LogP contribution < -0.4 is 15.5 Å². The van der Waals surface area contributed by atoms with Crippen molar-refractivity contribution in [2.45, 2.75) is 178 Å². The number of likely N-dealkylation sites (tertiary alicyclic amines) is 1. The number of aromatic nitrogens is 1. The molecule has 18 nitrogen and oxygen atoms in total. The van der Waals surface area contributed by atoms with E-state index in [1.807, 2.05) is 77.9 Å². The first kappa shape index (κ1) is 65.4. The van der Waals surface area contributed by atoms with E-state index < -0.39 is 72.5 Å². The van der Waals surface area contributed by atoms with Gasteiger partial charge in [-0.2, -0.15) is 0 Å². The van der Waals surface area contributed by atoms with Crippen LogP contribution in [0.3, 0.4) is 0 Å². The van der Waals surface area contributed by atoms with Gasteiger partial charge in [0.2, 0.25) is 23.6 Å². The molecule has 6 amide bonds. The second-order valence-electron chi connectivity index (χ2n) is 22.1. The lowest BCUT2D eigenvalue weighted by molar-refractivity contribution is -0.148. The number of anilines is 1. The molecule has 442 valence electrons. The first-order valence-electron chi connectivity index (χ1n) is 28.3. The third-order valence-electron chi connectivity index (χ3n) is 15.8. The summed E-state index contributed by atoms with van der Waals surface area (Å²) in [5.41, 5.74) is 1.96. The topological polar surface area (TPSA) is 209 Å². The van der Waals surface area contributed by atoms with Crippen LogP contribution in [0, 0.1) is 23.7 Å². The largest absolute Gasteiger partial charge is 0.445 e. The van der Waals surface area contributed by atoms with Gasteiger partial charge in [-0.25, -0.2) is 14.6 Å². The molecule has 2 fully saturated rings. The predicted molar refractivity (Wildman–Crippen MR) is 314 cm³/mol. The van der Waals surface area contributed by atoms with E-state index in [1.54, 1.807) is 102 Å². The maximum absolute atomic E-state index is 14.7. The highest BCUT2D eigenvalue weighted by atomic mass is 33.1. The lowest BCUT2D eigenvalue weighted by Gasteiger charge is -2.41. The Balaban J connectivity index is 1.18. The molecule has 2 heterocycles. The molecule has 3 aromatic rings. The van der Waals surface area contributed by atoms with Crippen LogP contribution in [0.25, 0.3) is 0 Å². The minimum atomic E-state index is -1.00. The molecule has 1 saturated heterocycles. The minimum absolute atomic E-state index is 0.0535. The molecular formula is C60H89N7O11S2. The maximum atomic E-state index is 14.7. The van der Waals surface area contributed by atoms with Crippen LogP contribution >= 0.6 is 21.6 Å². The molecule has 5 rings (SSSR count). The van der Waals surface area contributed by atoms with Crippen LogP contribution in [-0.4, -0.2) is 156 Å². The van der Waals surface area contributed by atoms with Gasteiger partial charge in [0.25, 0.3) is 0 Å². The summed E-state index contributed by atoms with van der Waals surface area (Å²) >= 11 is 0. The van der Waals surface area contributed by atoms with Crippen molar-refractivity contribution in [1.29, 1.82) is 0 Å². The molecule has 20 heteroatoms. The fourth-order valence-corrected chi connectivity index (χ4v) is 13.5. The van der Waals surface area contributed by atoms with E-state index in [-0.39, 0.29) is 59.9 Å². The van der Waals surface area contributed by atoms with Gasteiger partial charge in [0, 0.05) is 53.8 Å². The SMILES string of the molecule is CC[C@H](C)[C@@H]([C@@H](CC(=O)N1CCC[C@H]1[C@H](OC)[C@@H](C)C(=O)N[C@H](C)[C@@H](O)c1ccccc1)OC)N(C)C(=O)[C@@H](NC(=O)[C@H](C(C)C)N(C)C(=O)OCc1ccc(N(C)C(=O)O[C@H]2CCCC[C@@H]2SSc2ccccn2)cc1)C(C)C. The zero-order valence-electron chi connectivity index (χ0n) is 49.2. The number of ether oxygens (including phenoxy) is 4. The summed E-state index contributed by atoms with van der Waals surface area (Å²) in [4.78, 5) is 94.7. The second-order valence-corrected chi connectivity index (χ2v) is 24.6. The van der Waals surface area contributed by atoms with Crippen molar-refractivity contribution in [2.24, 2.45) is 23.7 Å². The molecule has 2 aliphatic rings. The van der Waals surface area contributed by atoms with E-state index in [0.29, 0.717) is 42.6 Å². The number of amides is 6. The molecule has 1 saturated carbocycles. The first-order valence-corrected chi connectivity index (χ1v) is 30.5. The Morgan fingerprint density at radius 2 is 1.45 bits per heavy atom. The van der Waals surface area contributed by atoms with E-state index in [1.165, 1.54) is 31.1 Å². The normalized spacial score (nSPS) is 19.8. The molecule has 1 aliphatic carbocycles. The summed E-state index contributed by atoms with van der Waals surface area (Å²) in [5, 5.41) is 17.9. The molecule has 2 aromatic carbocycles. The van der Waals surface area contributed by atoms with Crippen LogP contribution in [0.5, 0.6) is 0 Å². The molecule has 0 spiro atoms. The highest BCUT2D eigenvalue weighted by molar-refractivity contribution is 8.76. The Bertz CT molecular complexity index is 2440. The van der Waals surface area contributed by atoms with Crippen LogP contribution in [-0.2, 0) is 44.7 Å². The molecule has 0 unspecified atom stereocenters. The van der Waals surface area contributed by atoms with Crippen molar-refractivity contribution in [3.63, 3.8) is 0 Å². The Kier molecular flexibility index (Phi) is 25.9. The monoisotopic (exact) mass is 1150 g/mol. The van der Waals surface area contributed by atoms with Gasteiger partial charge >= 0.3 is 12.2 Å². The lowest BCUT2D eigenvalue weighted by atomic mass is 9.89. The third kappa shape index (κ3) is 17.6. The highest BCUT2D eigenvalue weighted by Crippen LogP contribution is 2.41. The quantitative estimate of drug-likeness (QED) is 0.0608. The molecule has 3 N–H and O–H groups in total. The standard InChI is InChI=1S/C60H89N7O11S2/c1-14-39(6)53(47(75-12)35-50(68)67-34-22-25-45(67)55(76-13)40(7)56(70)62-41(8)54(69)43-23-16-15-17-24-43)65(10)58(72)51(37(2)3)63-57(71)52(38(4)5)66(11)59(73)77-36-42-29-31-44(32-30-42)64(9)60(74)78-46-26-18-19-27-48(46)79-80-49-28-20-21-33-61-49/h15-17,20-21,23-24,28-33,37-41,45-48,51-55,69H,14,18-19,22,25-27,34-36H2,1-13H3,(H,62,70)(H,63,71)/t39-,40+,41+,45-,46-,47+,48-,51-,52-,53-,54+,55+/m0/s1. The van der Waals surface area contributed by atoms with Gasteiger partial charge in [-0.3, -0.25) is 29.0 Å². The number of carbonyl (C=O) groups is 6. The summed E-state index contributed by atoms with van der Waals surface area (Å²) in [6.07, 6.45) is 3.80. The fraction of sp³-hybridized carbons (Fsp3) is 0.617. The number of carbonyl (C=O) groups excluding carboxylic acids is 6. The van der Waals surface area contributed by atoms with E-state index in [0.717, 1.165) is 30.7 Å². The van der Waals surface area contributed by atoms with Crippen LogP contribution in [0.4, 0.5) is 15.3 Å².